The standard InChI is InChI=1S/C19H22N6O3/c1-12-16(28-2)5-6-17(22-12)23-15-8-14(10-25-18(15)20-11-21-25)24-7-3-4-13(9-24)19(26)27/h5-6,8,10-11,13H,3-4,7,9H2,1-2H3,(H,22,23)(H,26,27). The van der Waals surface area contributed by atoms with E-state index >= 15 is 0 Å². The second kappa shape index (κ2) is 7.34. The minimum Gasteiger partial charge on any atom is -0.495 e. The van der Waals surface area contributed by atoms with Gasteiger partial charge in [0.2, 0.25) is 0 Å². The highest BCUT2D eigenvalue weighted by Gasteiger charge is 2.26. The third-order valence-electron chi connectivity index (χ3n) is 5.02. The van der Waals surface area contributed by atoms with Crippen molar-refractivity contribution in [1.29, 1.82) is 0 Å². The predicted molar refractivity (Wildman–Crippen MR) is 104 cm³/mol. The van der Waals surface area contributed by atoms with Gasteiger partial charge in [0.15, 0.2) is 5.65 Å². The number of hydrogen-bond acceptors (Lipinski definition) is 7. The topological polar surface area (TPSA) is 105 Å². The van der Waals surface area contributed by atoms with Crippen molar-refractivity contribution in [3.63, 3.8) is 0 Å². The third kappa shape index (κ3) is 3.42. The lowest BCUT2D eigenvalue weighted by molar-refractivity contribution is -0.141. The molecule has 28 heavy (non-hydrogen) atoms. The minimum absolute atomic E-state index is 0.359. The van der Waals surface area contributed by atoms with Gasteiger partial charge < -0.3 is 20.1 Å². The van der Waals surface area contributed by atoms with E-state index in [4.69, 9.17) is 4.74 Å². The van der Waals surface area contributed by atoms with E-state index in [9.17, 15) is 9.90 Å². The smallest absolute Gasteiger partial charge is 0.308 e. The van der Waals surface area contributed by atoms with Crippen molar-refractivity contribution in [2.45, 2.75) is 19.8 Å². The molecule has 0 saturated carbocycles. The average molecular weight is 382 g/mol. The summed E-state index contributed by atoms with van der Waals surface area (Å²) in [5.41, 5.74) is 3.11. The Morgan fingerprint density at radius 1 is 1.39 bits per heavy atom. The van der Waals surface area contributed by atoms with Crippen LogP contribution in [-0.4, -0.2) is 50.9 Å². The van der Waals surface area contributed by atoms with Crippen LogP contribution in [0.5, 0.6) is 5.75 Å². The highest BCUT2D eigenvalue weighted by molar-refractivity contribution is 5.77. The van der Waals surface area contributed by atoms with Crippen molar-refractivity contribution in [1.82, 2.24) is 19.6 Å². The first-order valence-electron chi connectivity index (χ1n) is 9.15. The van der Waals surface area contributed by atoms with E-state index in [1.54, 1.807) is 11.6 Å². The molecule has 0 bridgehead atoms. The van der Waals surface area contributed by atoms with Crippen LogP contribution in [0, 0.1) is 12.8 Å². The molecule has 0 aromatic carbocycles. The van der Waals surface area contributed by atoms with Crippen LogP contribution in [0.15, 0.2) is 30.7 Å². The maximum Gasteiger partial charge on any atom is 0.308 e. The molecule has 1 atom stereocenters. The number of carboxylic acid groups (broad SMARTS) is 1. The number of nitrogens with one attached hydrogen (secondary N) is 1. The number of nitrogens with zero attached hydrogens (tertiary/aromatic N) is 5. The van der Waals surface area contributed by atoms with Gasteiger partial charge in [0.1, 0.15) is 17.9 Å². The molecule has 4 heterocycles. The Morgan fingerprint density at radius 3 is 3.00 bits per heavy atom. The van der Waals surface area contributed by atoms with Crippen molar-refractivity contribution >= 4 is 28.8 Å². The Morgan fingerprint density at radius 2 is 2.25 bits per heavy atom. The van der Waals surface area contributed by atoms with Crippen molar-refractivity contribution in [3.05, 3.63) is 36.4 Å². The molecule has 9 nitrogen and oxygen atoms in total. The zero-order valence-electron chi connectivity index (χ0n) is 15.8. The van der Waals surface area contributed by atoms with Crippen molar-refractivity contribution < 1.29 is 14.6 Å². The van der Waals surface area contributed by atoms with E-state index in [1.165, 1.54) is 6.33 Å². The molecule has 0 spiro atoms. The third-order valence-corrected chi connectivity index (χ3v) is 5.02. The fourth-order valence-corrected chi connectivity index (χ4v) is 3.56. The van der Waals surface area contributed by atoms with Gasteiger partial charge in [-0.25, -0.2) is 14.5 Å². The molecule has 2 N–H and O–H groups in total. The molecule has 0 aliphatic carbocycles. The summed E-state index contributed by atoms with van der Waals surface area (Å²) in [6.45, 7) is 3.17. The molecule has 0 amide bonds. The number of carboxylic acids is 1. The molecule has 1 fully saturated rings. The highest BCUT2D eigenvalue weighted by atomic mass is 16.5. The zero-order valence-corrected chi connectivity index (χ0v) is 15.8. The fourth-order valence-electron chi connectivity index (χ4n) is 3.56. The van der Waals surface area contributed by atoms with Crippen LogP contribution < -0.4 is 15.0 Å². The molecule has 1 aliphatic rings. The maximum atomic E-state index is 11.4. The van der Waals surface area contributed by atoms with E-state index < -0.39 is 5.97 Å². The molecule has 3 aromatic heterocycles. The van der Waals surface area contributed by atoms with E-state index in [2.05, 4.69) is 25.3 Å². The van der Waals surface area contributed by atoms with Crippen molar-refractivity contribution in [2.75, 3.05) is 30.4 Å². The molecule has 9 heteroatoms. The molecule has 1 saturated heterocycles. The van der Waals surface area contributed by atoms with Crippen LogP contribution in [0.25, 0.3) is 5.65 Å². The lowest BCUT2D eigenvalue weighted by Gasteiger charge is -2.32. The summed E-state index contributed by atoms with van der Waals surface area (Å²) in [4.78, 5) is 22.3. The number of aromatic nitrogens is 4. The van der Waals surface area contributed by atoms with Crippen LogP contribution in [-0.2, 0) is 4.79 Å². The van der Waals surface area contributed by atoms with Crippen molar-refractivity contribution in [2.24, 2.45) is 5.92 Å². The normalized spacial score (nSPS) is 16.9. The number of rotatable bonds is 5. The fraction of sp³-hybridized carbons (Fsp3) is 0.368. The Kier molecular flexibility index (Phi) is 4.72. The van der Waals surface area contributed by atoms with E-state index in [0.717, 1.165) is 35.8 Å². The number of pyridine rings is 2. The number of carbonyl (C=O) groups is 1. The second-order valence-corrected chi connectivity index (χ2v) is 6.87. The summed E-state index contributed by atoms with van der Waals surface area (Å²) in [5, 5.41) is 16.9. The first-order chi connectivity index (χ1) is 13.5. The van der Waals surface area contributed by atoms with Gasteiger partial charge in [0.05, 0.1) is 36.3 Å². The number of ether oxygens (including phenoxy) is 1. The lowest BCUT2D eigenvalue weighted by Crippen LogP contribution is -2.38. The molecular weight excluding hydrogens is 360 g/mol. The Balaban J connectivity index is 1.67. The monoisotopic (exact) mass is 382 g/mol. The summed E-state index contributed by atoms with van der Waals surface area (Å²) in [6.07, 6.45) is 4.92. The van der Waals surface area contributed by atoms with Gasteiger partial charge in [0, 0.05) is 13.1 Å². The Bertz CT molecular complexity index is 1020. The highest BCUT2D eigenvalue weighted by Crippen LogP contribution is 2.29. The van der Waals surface area contributed by atoms with Gasteiger partial charge in [-0.15, -0.1) is 0 Å². The van der Waals surface area contributed by atoms with Gasteiger partial charge in [-0.1, -0.05) is 0 Å². The number of piperidine rings is 1. The second-order valence-electron chi connectivity index (χ2n) is 6.87. The van der Waals surface area contributed by atoms with Crippen LogP contribution >= 0.6 is 0 Å². The largest absolute Gasteiger partial charge is 0.495 e. The Hall–Kier alpha value is -3.36. The first kappa shape index (κ1) is 18.0. The summed E-state index contributed by atoms with van der Waals surface area (Å²) >= 11 is 0. The summed E-state index contributed by atoms with van der Waals surface area (Å²) in [7, 11) is 1.61. The Labute approximate surface area is 162 Å². The van der Waals surface area contributed by atoms with Crippen LogP contribution in [0.4, 0.5) is 17.2 Å². The molecule has 0 radical (unpaired) electrons. The molecule has 1 unspecified atom stereocenters. The maximum absolute atomic E-state index is 11.4. The molecule has 4 rings (SSSR count). The number of fused-ring (bicyclic) bond motifs is 1. The zero-order chi connectivity index (χ0) is 19.7. The van der Waals surface area contributed by atoms with Gasteiger partial charge in [-0.3, -0.25) is 4.79 Å². The molecule has 146 valence electrons. The van der Waals surface area contributed by atoms with Gasteiger partial charge in [-0.2, -0.15) is 5.10 Å². The van der Waals surface area contributed by atoms with Crippen LogP contribution in [0.1, 0.15) is 18.5 Å². The van der Waals surface area contributed by atoms with E-state index in [1.807, 2.05) is 31.3 Å². The number of aryl methyl sites for hydroxylation is 1. The quantitative estimate of drug-likeness (QED) is 0.693. The number of anilines is 3. The minimum atomic E-state index is -0.747. The summed E-state index contributed by atoms with van der Waals surface area (Å²) in [5.74, 6) is 0.285. The van der Waals surface area contributed by atoms with Crippen molar-refractivity contribution in [3.8, 4) is 5.75 Å². The molecular formula is C19H22N6O3. The van der Waals surface area contributed by atoms with E-state index in [-0.39, 0.29) is 5.92 Å². The van der Waals surface area contributed by atoms with Crippen LogP contribution in [0.2, 0.25) is 0 Å². The summed E-state index contributed by atoms with van der Waals surface area (Å²) in [6, 6.07) is 5.67. The van der Waals surface area contributed by atoms with Gasteiger partial charge >= 0.3 is 5.97 Å². The number of hydrogen-bond donors (Lipinski definition) is 2. The van der Waals surface area contributed by atoms with E-state index in [0.29, 0.717) is 24.4 Å². The van der Waals surface area contributed by atoms with Gasteiger partial charge in [0.25, 0.3) is 0 Å². The van der Waals surface area contributed by atoms with Gasteiger partial charge in [-0.05, 0) is 38.0 Å². The molecule has 3 aromatic rings. The first-order valence-corrected chi connectivity index (χ1v) is 9.15. The summed E-state index contributed by atoms with van der Waals surface area (Å²) < 4.78 is 6.96. The predicted octanol–water partition coefficient (Wildman–Crippen LogP) is 2.49. The SMILES string of the molecule is COc1ccc(Nc2cc(N3CCCC(C(=O)O)C3)cn3ncnc23)nc1C. The molecule has 1 aliphatic heterocycles. The number of aliphatic carboxylic acids is 1. The van der Waals surface area contributed by atoms with Crippen LogP contribution in [0.3, 0.4) is 0 Å². The average Bonchev–Trinajstić information content (AvgIpc) is 3.17. The number of methoxy groups -OCH3 is 1. The lowest BCUT2D eigenvalue weighted by atomic mass is 9.98.